The molecule has 17 heavy (non-hydrogen) atoms. The second kappa shape index (κ2) is 4.97. The summed E-state index contributed by atoms with van der Waals surface area (Å²) in [6.07, 6.45) is 0. The number of hydrogen-bond donors (Lipinski definition) is 0. The Labute approximate surface area is 103 Å². The number of hydrogen-bond acceptors (Lipinski definition) is 5. The number of nitrogens with zero attached hydrogens (tertiary/aromatic N) is 1. The smallest absolute Gasteiger partial charge is 0.337 e. The molecule has 4 nitrogen and oxygen atoms in total. The summed E-state index contributed by atoms with van der Waals surface area (Å²) in [4.78, 5) is 15.4. The van der Waals surface area contributed by atoms with Crippen LogP contribution >= 0.6 is 11.3 Å². The predicted octanol–water partition coefficient (Wildman–Crippen LogP) is 3.03. The zero-order chi connectivity index (χ0) is 12.3. The molecule has 0 aliphatic heterocycles. The molecule has 5 heteroatoms. The van der Waals surface area contributed by atoms with Gasteiger partial charge in [-0.3, -0.25) is 0 Å². The first-order valence-electron chi connectivity index (χ1n) is 4.97. The summed E-state index contributed by atoms with van der Waals surface area (Å²) >= 11 is 1.43. The van der Waals surface area contributed by atoms with E-state index in [1.807, 2.05) is 12.3 Å². The number of carbonyl (C=O) groups is 1. The van der Waals surface area contributed by atoms with E-state index in [1.54, 1.807) is 24.3 Å². The fourth-order valence-electron chi connectivity index (χ4n) is 1.26. The van der Waals surface area contributed by atoms with Crippen molar-refractivity contribution in [3.8, 4) is 10.9 Å². The molecule has 0 amide bonds. The van der Waals surface area contributed by atoms with E-state index in [-0.39, 0.29) is 5.97 Å². The fourth-order valence-corrected chi connectivity index (χ4v) is 1.92. The molecule has 0 spiro atoms. The summed E-state index contributed by atoms with van der Waals surface area (Å²) in [6.45, 7) is 1.91. The summed E-state index contributed by atoms with van der Waals surface area (Å²) in [6, 6.07) is 6.73. The molecule has 0 fully saturated rings. The summed E-state index contributed by atoms with van der Waals surface area (Å²) in [5.74, 6) is 0.286. The highest BCUT2D eigenvalue weighted by Crippen LogP contribution is 2.25. The molecule has 0 unspecified atom stereocenters. The molecule has 0 saturated heterocycles. The van der Waals surface area contributed by atoms with E-state index in [0.717, 1.165) is 5.69 Å². The predicted molar refractivity (Wildman–Crippen MR) is 64.7 cm³/mol. The Morgan fingerprint density at radius 1 is 1.29 bits per heavy atom. The lowest BCUT2D eigenvalue weighted by molar-refractivity contribution is 0.0600. The van der Waals surface area contributed by atoms with Gasteiger partial charge in [-0.25, -0.2) is 9.78 Å². The van der Waals surface area contributed by atoms with Crippen molar-refractivity contribution in [3.63, 3.8) is 0 Å². The Bertz CT molecular complexity index is 519. The van der Waals surface area contributed by atoms with E-state index in [9.17, 15) is 4.79 Å². The molecule has 0 atom stereocenters. The zero-order valence-corrected chi connectivity index (χ0v) is 10.3. The Kier molecular flexibility index (Phi) is 3.39. The van der Waals surface area contributed by atoms with E-state index in [4.69, 9.17) is 4.74 Å². The first-order valence-corrected chi connectivity index (χ1v) is 5.85. The van der Waals surface area contributed by atoms with Gasteiger partial charge in [0, 0.05) is 5.38 Å². The summed E-state index contributed by atoms with van der Waals surface area (Å²) in [5.41, 5.74) is 1.42. The standard InChI is InChI=1S/C12H11NO3S/c1-8-7-17-12(13-8)16-10-5-3-9(4-6-10)11(14)15-2/h3-7H,1-2H3. The Morgan fingerprint density at radius 3 is 2.53 bits per heavy atom. The molecule has 0 N–H and O–H groups in total. The largest absolute Gasteiger partial charge is 0.465 e. The number of aryl methyl sites for hydroxylation is 1. The van der Waals surface area contributed by atoms with Crippen LogP contribution in [0.2, 0.25) is 0 Å². The van der Waals surface area contributed by atoms with Gasteiger partial charge in [0.25, 0.3) is 5.19 Å². The van der Waals surface area contributed by atoms with E-state index >= 15 is 0 Å². The van der Waals surface area contributed by atoms with Gasteiger partial charge in [-0.2, -0.15) is 0 Å². The van der Waals surface area contributed by atoms with E-state index in [1.165, 1.54) is 18.4 Å². The maximum Gasteiger partial charge on any atom is 0.337 e. The highest BCUT2D eigenvalue weighted by Gasteiger charge is 2.06. The average Bonchev–Trinajstić information content (AvgIpc) is 2.75. The number of methoxy groups -OCH3 is 1. The van der Waals surface area contributed by atoms with Crippen LogP contribution in [0.15, 0.2) is 29.6 Å². The SMILES string of the molecule is COC(=O)c1ccc(Oc2nc(C)cs2)cc1. The topological polar surface area (TPSA) is 48.4 Å². The molecule has 2 rings (SSSR count). The highest BCUT2D eigenvalue weighted by molar-refractivity contribution is 7.11. The molecule has 0 radical (unpaired) electrons. The Hall–Kier alpha value is -1.88. The van der Waals surface area contributed by atoms with Crippen molar-refractivity contribution in [3.05, 3.63) is 40.9 Å². The van der Waals surface area contributed by atoms with Gasteiger partial charge in [-0.1, -0.05) is 11.3 Å². The highest BCUT2D eigenvalue weighted by atomic mass is 32.1. The van der Waals surface area contributed by atoms with Gasteiger partial charge in [0.15, 0.2) is 0 Å². The lowest BCUT2D eigenvalue weighted by Gasteiger charge is -2.02. The third kappa shape index (κ3) is 2.82. The Balaban J connectivity index is 2.10. The van der Waals surface area contributed by atoms with Crippen LogP contribution in [0, 0.1) is 6.92 Å². The molecule has 1 aromatic carbocycles. The van der Waals surface area contributed by atoms with Crippen molar-refractivity contribution in [2.75, 3.05) is 7.11 Å². The number of esters is 1. The molecule has 1 aromatic heterocycles. The minimum atomic E-state index is -0.360. The molecular formula is C12H11NO3S. The lowest BCUT2D eigenvalue weighted by Crippen LogP contribution is -2.00. The van der Waals surface area contributed by atoms with Crippen molar-refractivity contribution >= 4 is 17.3 Å². The van der Waals surface area contributed by atoms with E-state index < -0.39 is 0 Å². The van der Waals surface area contributed by atoms with Gasteiger partial charge >= 0.3 is 5.97 Å². The van der Waals surface area contributed by atoms with Gasteiger partial charge in [0.05, 0.1) is 18.4 Å². The van der Waals surface area contributed by atoms with Gasteiger partial charge in [-0.15, -0.1) is 0 Å². The number of thiazole rings is 1. The van der Waals surface area contributed by atoms with Crippen molar-refractivity contribution in [2.24, 2.45) is 0 Å². The third-order valence-electron chi connectivity index (χ3n) is 2.08. The molecule has 0 aliphatic rings. The number of carbonyl (C=O) groups excluding carboxylic acids is 1. The molecule has 0 aliphatic carbocycles. The first-order chi connectivity index (χ1) is 8.19. The van der Waals surface area contributed by atoms with Gasteiger partial charge < -0.3 is 9.47 Å². The maximum absolute atomic E-state index is 11.2. The van der Waals surface area contributed by atoms with Crippen LogP contribution in [-0.4, -0.2) is 18.1 Å². The Morgan fingerprint density at radius 2 is 2.00 bits per heavy atom. The molecular weight excluding hydrogens is 238 g/mol. The molecule has 1 heterocycles. The number of ether oxygens (including phenoxy) is 2. The zero-order valence-electron chi connectivity index (χ0n) is 9.47. The van der Waals surface area contributed by atoms with Crippen LogP contribution < -0.4 is 4.74 Å². The lowest BCUT2D eigenvalue weighted by atomic mass is 10.2. The van der Waals surface area contributed by atoms with Crippen molar-refractivity contribution in [1.82, 2.24) is 4.98 Å². The minimum absolute atomic E-state index is 0.360. The van der Waals surface area contributed by atoms with Crippen molar-refractivity contribution < 1.29 is 14.3 Å². The van der Waals surface area contributed by atoms with Gasteiger partial charge in [-0.05, 0) is 31.2 Å². The van der Waals surface area contributed by atoms with Crippen LogP contribution in [0.5, 0.6) is 10.9 Å². The average molecular weight is 249 g/mol. The molecule has 88 valence electrons. The second-order valence-electron chi connectivity index (χ2n) is 3.37. The van der Waals surface area contributed by atoms with Crippen LogP contribution in [0.1, 0.15) is 16.1 Å². The van der Waals surface area contributed by atoms with Gasteiger partial charge in [0.1, 0.15) is 5.75 Å². The molecule has 0 bridgehead atoms. The number of aromatic nitrogens is 1. The van der Waals surface area contributed by atoms with Crippen LogP contribution in [0.4, 0.5) is 0 Å². The number of benzene rings is 1. The van der Waals surface area contributed by atoms with Crippen molar-refractivity contribution in [1.29, 1.82) is 0 Å². The van der Waals surface area contributed by atoms with Gasteiger partial charge in [0.2, 0.25) is 0 Å². The van der Waals surface area contributed by atoms with E-state index in [2.05, 4.69) is 9.72 Å². The monoisotopic (exact) mass is 249 g/mol. The van der Waals surface area contributed by atoms with Crippen LogP contribution in [0.3, 0.4) is 0 Å². The van der Waals surface area contributed by atoms with Crippen LogP contribution in [0.25, 0.3) is 0 Å². The summed E-state index contributed by atoms with van der Waals surface area (Å²) in [7, 11) is 1.35. The summed E-state index contributed by atoms with van der Waals surface area (Å²) in [5, 5.41) is 2.51. The maximum atomic E-state index is 11.2. The molecule has 2 aromatic rings. The molecule has 0 saturated carbocycles. The summed E-state index contributed by atoms with van der Waals surface area (Å²) < 4.78 is 10.1. The first kappa shape index (κ1) is 11.6. The van der Waals surface area contributed by atoms with Crippen molar-refractivity contribution in [2.45, 2.75) is 6.92 Å². The normalized spacial score (nSPS) is 10.0. The second-order valence-corrected chi connectivity index (χ2v) is 4.19. The minimum Gasteiger partial charge on any atom is -0.465 e. The number of rotatable bonds is 3. The van der Waals surface area contributed by atoms with E-state index in [0.29, 0.717) is 16.5 Å². The van der Waals surface area contributed by atoms with Crippen LogP contribution in [-0.2, 0) is 4.74 Å². The quantitative estimate of drug-likeness (QED) is 0.784. The third-order valence-corrected chi connectivity index (χ3v) is 2.91. The fraction of sp³-hybridized carbons (Fsp3) is 0.167.